The number of nitrogens with one attached hydrogen (secondary N) is 1. The van der Waals surface area contributed by atoms with E-state index in [1.807, 2.05) is 0 Å². The molecule has 0 aliphatic rings. The van der Waals surface area contributed by atoms with Crippen molar-refractivity contribution in [2.24, 2.45) is 0 Å². The van der Waals surface area contributed by atoms with E-state index in [1.54, 1.807) is 24.3 Å². The lowest BCUT2D eigenvalue weighted by molar-refractivity contribution is 0.0602. The Morgan fingerprint density at radius 1 is 1.42 bits per heavy atom. The monoisotopic (exact) mass is 389 g/mol. The second kappa shape index (κ2) is 8.09. The fraction of sp³-hybridized carbons (Fsp3) is 0.267. The van der Waals surface area contributed by atoms with Gasteiger partial charge in [-0.3, -0.25) is 0 Å². The molecule has 1 atom stereocenters. The van der Waals surface area contributed by atoms with Crippen molar-refractivity contribution in [1.82, 2.24) is 4.72 Å². The number of ether oxygens (including phenoxy) is 1. The molecule has 24 heavy (non-hydrogen) atoms. The van der Waals surface area contributed by atoms with Crippen molar-refractivity contribution in [2.75, 3.05) is 13.7 Å². The minimum atomic E-state index is -3.87. The summed E-state index contributed by atoms with van der Waals surface area (Å²) in [5.74, 6) is -0.704. The van der Waals surface area contributed by atoms with E-state index in [0.717, 1.165) is 11.3 Å². The van der Waals surface area contributed by atoms with Gasteiger partial charge in [-0.15, -0.1) is 11.3 Å². The second-order valence-corrected chi connectivity index (χ2v) is 7.95. The fourth-order valence-electron chi connectivity index (χ4n) is 2.04. The van der Waals surface area contributed by atoms with E-state index in [9.17, 15) is 18.3 Å². The highest BCUT2D eigenvalue weighted by atomic mass is 35.5. The molecule has 0 bridgehead atoms. The number of rotatable bonds is 7. The number of aliphatic hydroxyl groups excluding tert-OH is 1. The smallest absolute Gasteiger partial charge is 0.349 e. The van der Waals surface area contributed by atoms with Gasteiger partial charge in [-0.05, 0) is 35.6 Å². The molecule has 2 aromatic rings. The maximum absolute atomic E-state index is 12.3. The highest BCUT2D eigenvalue weighted by molar-refractivity contribution is 7.89. The molecule has 0 amide bonds. The molecule has 0 saturated heterocycles. The van der Waals surface area contributed by atoms with E-state index >= 15 is 0 Å². The van der Waals surface area contributed by atoms with Crippen LogP contribution in [0.3, 0.4) is 0 Å². The lowest BCUT2D eigenvalue weighted by atomic mass is 10.1. The van der Waals surface area contributed by atoms with Crippen LogP contribution in [0.25, 0.3) is 0 Å². The minimum Gasteiger partial charge on any atom is -0.465 e. The Morgan fingerprint density at radius 3 is 2.83 bits per heavy atom. The highest BCUT2D eigenvalue weighted by Gasteiger charge is 2.24. The van der Waals surface area contributed by atoms with Crippen LogP contribution in [-0.4, -0.2) is 33.1 Å². The third-order valence-electron chi connectivity index (χ3n) is 3.23. The molecule has 0 radical (unpaired) electrons. The summed E-state index contributed by atoms with van der Waals surface area (Å²) >= 11 is 6.85. The number of hydrogen-bond acceptors (Lipinski definition) is 6. The summed E-state index contributed by atoms with van der Waals surface area (Å²) in [7, 11) is -2.68. The van der Waals surface area contributed by atoms with E-state index in [0.29, 0.717) is 10.6 Å². The van der Waals surface area contributed by atoms with Gasteiger partial charge < -0.3 is 9.84 Å². The van der Waals surface area contributed by atoms with Gasteiger partial charge in [0.25, 0.3) is 0 Å². The first kappa shape index (κ1) is 18.9. The molecule has 2 N–H and O–H groups in total. The Morgan fingerprint density at radius 2 is 2.17 bits per heavy atom. The average Bonchev–Trinajstić information content (AvgIpc) is 3.04. The number of thiophene rings is 1. The van der Waals surface area contributed by atoms with Crippen LogP contribution in [-0.2, 0) is 14.8 Å². The van der Waals surface area contributed by atoms with Crippen LogP contribution in [0, 0.1) is 0 Å². The maximum atomic E-state index is 12.3. The number of carbonyl (C=O) groups is 1. The SMILES string of the molecule is COC(=O)c1sccc1S(=O)(=O)NCC[C@@H](O)c1cccc(Cl)c1. The van der Waals surface area contributed by atoms with E-state index in [1.165, 1.54) is 18.6 Å². The van der Waals surface area contributed by atoms with E-state index < -0.39 is 22.1 Å². The standard InChI is InChI=1S/C15H16ClNO5S2/c1-22-15(19)14-13(6-8-23-14)24(20,21)17-7-5-12(18)10-3-2-4-11(16)9-10/h2-4,6,8-9,12,17-18H,5,7H2,1H3/t12-/m1/s1. The number of esters is 1. The van der Waals surface area contributed by atoms with Gasteiger partial charge in [-0.25, -0.2) is 17.9 Å². The Bertz CT molecular complexity index is 819. The Balaban J connectivity index is 2.01. The van der Waals surface area contributed by atoms with Crippen molar-refractivity contribution >= 4 is 38.9 Å². The topological polar surface area (TPSA) is 92.7 Å². The Kier molecular flexibility index (Phi) is 6.36. The lowest BCUT2D eigenvalue weighted by Gasteiger charge is -2.12. The van der Waals surface area contributed by atoms with E-state index in [-0.39, 0.29) is 22.7 Å². The van der Waals surface area contributed by atoms with Gasteiger partial charge >= 0.3 is 5.97 Å². The number of aliphatic hydroxyl groups is 1. The van der Waals surface area contributed by atoms with Crippen molar-refractivity contribution in [3.63, 3.8) is 0 Å². The zero-order valence-corrected chi connectivity index (χ0v) is 15.1. The first-order chi connectivity index (χ1) is 11.3. The van der Waals surface area contributed by atoms with Gasteiger partial charge in [0.05, 0.1) is 13.2 Å². The van der Waals surface area contributed by atoms with Crippen LogP contribution in [0.5, 0.6) is 0 Å². The zero-order valence-electron chi connectivity index (χ0n) is 12.7. The molecular formula is C15H16ClNO5S2. The van der Waals surface area contributed by atoms with Gasteiger partial charge in [0.1, 0.15) is 9.77 Å². The van der Waals surface area contributed by atoms with Crippen molar-refractivity contribution in [3.05, 3.63) is 51.2 Å². The third kappa shape index (κ3) is 4.55. The Hall–Kier alpha value is -1.45. The van der Waals surface area contributed by atoms with Crippen LogP contribution >= 0.6 is 22.9 Å². The summed E-state index contributed by atoms with van der Waals surface area (Å²) in [6, 6.07) is 8.06. The molecule has 6 nitrogen and oxygen atoms in total. The molecule has 130 valence electrons. The van der Waals surface area contributed by atoms with Crippen LogP contribution in [0.2, 0.25) is 5.02 Å². The molecule has 0 spiro atoms. The summed E-state index contributed by atoms with van der Waals surface area (Å²) in [6.07, 6.45) is -0.689. The van der Waals surface area contributed by atoms with Gasteiger partial charge in [-0.1, -0.05) is 23.7 Å². The number of benzene rings is 1. The minimum absolute atomic E-state index is 0.00642. The van der Waals surface area contributed by atoms with Crippen molar-refractivity contribution in [3.8, 4) is 0 Å². The molecule has 2 rings (SSSR count). The summed E-state index contributed by atoms with van der Waals surface area (Å²) in [6.45, 7) is 0.00642. The maximum Gasteiger partial charge on any atom is 0.349 e. The van der Waals surface area contributed by atoms with Crippen LogP contribution in [0.1, 0.15) is 27.8 Å². The molecule has 0 aliphatic heterocycles. The molecule has 0 unspecified atom stereocenters. The number of halogens is 1. The van der Waals surface area contributed by atoms with Crippen LogP contribution in [0.4, 0.5) is 0 Å². The average molecular weight is 390 g/mol. The van der Waals surface area contributed by atoms with Crippen molar-refractivity contribution in [2.45, 2.75) is 17.4 Å². The number of sulfonamides is 1. The van der Waals surface area contributed by atoms with Gasteiger partial charge in [0.15, 0.2) is 0 Å². The lowest BCUT2D eigenvalue weighted by Crippen LogP contribution is -2.27. The molecule has 0 aliphatic carbocycles. The predicted octanol–water partition coefficient (Wildman–Crippen LogP) is 2.59. The number of hydrogen-bond donors (Lipinski definition) is 2. The van der Waals surface area contributed by atoms with Gasteiger partial charge in [0, 0.05) is 11.6 Å². The Labute approximate surface area is 149 Å². The van der Waals surface area contributed by atoms with Gasteiger partial charge in [-0.2, -0.15) is 0 Å². The fourth-order valence-corrected chi connectivity index (χ4v) is 4.62. The normalized spacial score (nSPS) is 12.8. The van der Waals surface area contributed by atoms with E-state index in [2.05, 4.69) is 9.46 Å². The summed E-state index contributed by atoms with van der Waals surface area (Å²) in [5, 5.41) is 12.1. The summed E-state index contributed by atoms with van der Waals surface area (Å²) in [4.78, 5) is 11.5. The molecule has 1 aromatic carbocycles. The molecule has 0 fully saturated rings. The molecule has 0 saturated carbocycles. The first-order valence-corrected chi connectivity index (χ1v) is 9.68. The van der Waals surface area contributed by atoms with E-state index in [4.69, 9.17) is 11.6 Å². The molecule has 1 aromatic heterocycles. The number of carbonyl (C=O) groups excluding carboxylic acids is 1. The summed E-state index contributed by atoms with van der Waals surface area (Å²) in [5.41, 5.74) is 0.604. The predicted molar refractivity (Wildman–Crippen MR) is 91.9 cm³/mol. The summed E-state index contributed by atoms with van der Waals surface area (Å²) < 4.78 is 31.5. The third-order valence-corrected chi connectivity index (χ3v) is 5.99. The quantitative estimate of drug-likeness (QED) is 0.710. The van der Waals surface area contributed by atoms with Crippen molar-refractivity contribution in [1.29, 1.82) is 0 Å². The van der Waals surface area contributed by atoms with Crippen molar-refractivity contribution < 1.29 is 23.1 Å². The number of methoxy groups -OCH3 is 1. The van der Waals surface area contributed by atoms with Crippen LogP contribution in [0.15, 0.2) is 40.6 Å². The largest absolute Gasteiger partial charge is 0.465 e. The van der Waals surface area contributed by atoms with Gasteiger partial charge in [0.2, 0.25) is 10.0 Å². The molecule has 9 heteroatoms. The zero-order chi connectivity index (χ0) is 17.7. The molecule has 1 heterocycles. The second-order valence-electron chi connectivity index (χ2n) is 4.86. The van der Waals surface area contributed by atoms with Crippen LogP contribution < -0.4 is 4.72 Å². The first-order valence-electron chi connectivity index (χ1n) is 6.94. The highest BCUT2D eigenvalue weighted by Crippen LogP contribution is 2.23. The molecular weight excluding hydrogens is 374 g/mol.